The van der Waals surface area contributed by atoms with E-state index in [9.17, 15) is 0 Å². The summed E-state index contributed by atoms with van der Waals surface area (Å²) in [5.41, 5.74) is 15.6. The largest absolute Gasteiger partial charge is 0.310 e. The highest BCUT2D eigenvalue weighted by Gasteiger charge is 2.42. The maximum atomic E-state index is 2.35. The molecular formula is C42H36N2. The number of hydrogen-bond acceptors (Lipinski definition) is 2. The number of hydrogen-bond donors (Lipinski definition) is 0. The molecule has 0 N–H and O–H groups in total. The summed E-state index contributed by atoms with van der Waals surface area (Å²) in [6, 6.07) is 53.0. The van der Waals surface area contributed by atoms with E-state index in [0.717, 1.165) is 22.7 Å². The van der Waals surface area contributed by atoms with Gasteiger partial charge in [0.05, 0.1) is 0 Å². The number of fused-ring (bicyclic) bond motifs is 2. The second-order valence-corrected chi connectivity index (χ2v) is 13.1. The maximum Gasteiger partial charge on any atom is 0.0464 e. The van der Waals surface area contributed by atoms with Crippen molar-refractivity contribution in [2.75, 3.05) is 9.80 Å². The molecule has 0 radical (unpaired) electrons. The molecule has 2 heteroatoms. The van der Waals surface area contributed by atoms with Crippen LogP contribution in [0.25, 0.3) is 11.1 Å². The molecule has 2 aliphatic carbocycles. The summed E-state index contributed by atoms with van der Waals surface area (Å²) in [4.78, 5) is 4.71. The summed E-state index contributed by atoms with van der Waals surface area (Å²) >= 11 is 0. The molecule has 6 aromatic rings. The van der Waals surface area contributed by atoms with Crippen LogP contribution in [0.4, 0.5) is 34.1 Å². The Morgan fingerprint density at radius 2 is 0.636 bits per heavy atom. The van der Waals surface area contributed by atoms with Crippen LogP contribution in [-0.2, 0) is 10.8 Å². The van der Waals surface area contributed by atoms with E-state index >= 15 is 0 Å². The van der Waals surface area contributed by atoms with E-state index in [-0.39, 0.29) is 10.8 Å². The van der Waals surface area contributed by atoms with Crippen LogP contribution in [0.15, 0.2) is 146 Å². The predicted molar refractivity (Wildman–Crippen MR) is 185 cm³/mol. The minimum Gasteiger partial charge on any atom is -0.310 e. The Hall–Kier alpha value is -5.08. The topological polar surface area (TPSA) is 6.48 Å². The minimum atomic E-state index is 0.186. The molecule has 0 aromatic heterocycles. The van der Waals surface area contributed by atoms with Crippen molar-refractivity contribution in [2.45, 2.75) is 38.5 Å². The zero-order valence-electron chi connectivity index (χ0n) is 25.8. The van der Waals surface area contributed by atoms with Crippen molar-refractivity contribution in [3.8, 4) is 11.1 Å². The molecule has 0 aliphatic heterocycles. The fourth-order valence-corrected chi connectivity index (χ4v) is 6.83. The van der Waals surface area contributed by atoms with Gasteiger partial charge in [-0.3, -0.25) is 0 Å². The molecular weight excluding hydrogens is 532 g/mol. The van der Waals surface area contributed by atoms with Crippen LogP contribution in [0.2, 0.25) is 0 Å². The third-order valence-electron chi connectivity index (χ3n) is 9.70. The van der Waals surface area contributed by atoms with Crippen LogP contribution in [0.5, 0.6) is 0 Å². The lowest BCUT2D eigenvalue weighted by Gasteiger charge is -2.26. The van der Waals surface area contributed by atoms with Gasteiger partial charge < -0.3 is 9.80 Å². The summed E-state index contributed by atoms with van der Waals surface area (Å²) in [7, 11) is 0. The van der Waals surface area contributed by atoms with Gasteiger partial charge >= 0.3 is 0 Å². The molecule has 0 atom stereocenters. The average molecular weight is 569 g/mol. The summed E-state index contributed by atoms with van der Waals surface area (Å²) < 4.78 is 0. The van der Waals surface area contributed by atoms with Crippen LogP contribution in [0.1, 0.15) is 49.9 Å². The summed E-state index contributed by atoms with van der Waals surface area (Å²) in [6.45, 7) is 9.21. The van der Waals surface area contributed by atoms with Gasteiger partial charge in [0.2, 0.25) is 0 Å². The first kappa shape index (κ1) is 26.5. The molecule has 0 unspecified atom stereocenters. The van der Waals surface area contributed by atoms with E-state index in [1.54, 1.807) is 0 Å². The molecule has 0 amide bonds. The average Bonchev–Trinajstić information content (AvgIpc) is 3.84. The Labute approximate surface area is 260 Å². The van der Waals surface area contributed by atoms with E-state index in [4.69, 9.17) is 0 Å². The molecule has 8 rings (SSSR count). The van der Waals surface area contributed by atoms with Crippen LogP contribution in [-0.4, -0.2) is 0 Å². The van der Waals surface area contributed by atoms with Gasteiger partial charge in [0.15, 0.2) is 0 Å². The van der Waals surface area contributed by atoms with Crippen LogP contribution < -0.4 is 9.80 Å². The lowest BCUT2D eigenvalue weighted by atomic mass is 10.0. The molecule has 0 saturated heterocycles. The first-order valence-corrected chi connectivity index (χ1v) is 15.5. The standard InChI is InChI=1S/C42H36N2/c1-41(2)37-25-23-35(27-39(37)41)43(31-11-7-5-8-12-31)33-19-15-29(16-20-33)30-17-21-34(22-18-30)44(32-13-9-6-10-14-32)36-24-26-38-40(28-36)42(38,3)4/h5-28H,1-4H3. The number of nitrogens with zero attached hydrogens (tertiary/aromatic N) is 2. The zero-order chi connectivity index (χ0) is 30.1. The predicted octanol–water partition coefficient (Wildman–Crippen LogP) is 11.6. The Kier molecular flexibility index (Phi) is 5.86. The Morgan fingerprint density at radius 1 is 0.318 bits per heavy atom. The SMILES string of the molecule is CC1(C)c2ccc(N(c3ccccc3)c3ccc(-c4ccc(N(c5ccccc5)c5ccc6c(c5)C6(C)C)cc4)cc3)cc21. The van der Waals surface area contributed by atoms with Crippen molar-refractivity contribution < 1.29 is 0 Å². The monoisotopic (exact) mass is 568 g/mol. The number of para-hydroxylation sites is 2. The van der Waals surface area contributed by atoms with Crippen LogP contribution in [0.3, 0.4) is 0 Å². The number of anilines is 6. The smallest absolute Gasteiger partial charge is 0.0464 e. The van der Waals surface area contributed by atoms with Crippen molar-refractivity contribution in [1.82, 2.24) is 0 Å². The maximum absolute atomic E-state index is 2.35. The third-order valence-corrected chi connectivity index (χ3v) is 9.70. The van der Waals surface area contributed by atoms with Gasteiger partial charge in [-0.25, -0.2) is 0 Å². The van der Waals surface area contributed by atoms with Crippen molar-refractivity contribution in [3.05, 3.63) is 168 Å². The van der Waals surface area contributed by atoms with Gasteiger partial charge in [-0.1, -0.05) is 100 Å². The summed E-state index contributed by atoms with van der Waals surface area (Å²) in [5.74, 6) is 0. The highest BCUT2D eigenvalue weighted by Crippen LogP contribution is 2.53. The fourth-order valence-electron chi connectivity index (χ4n) is 6.83. The Balaban J connectivity index is 1.11. The minimum absolute atomic E-state index is 0.186. The normalized spacial score (nSPS) is 14.7. The van der Waals surface area contributed by atoms with E-state index in [0.29, 0.717) is 0 Å². The van der Waals surface area contributed by atoms with Crippen molar-refractivity contribution >= 4 is 34.1 Å². The van der Waals surface area contributed by atoms with E-state index in [2.05, 4.69) is 183 Å². The lowest BCUT2D eigenvalue weighted by molar-refractivity contribution is 0.793. The van der Waals surface area contributed by atoms with Gasteiger partial charge in [0.1, 0.15) is 0 Å². The van der Waals surface area contributed by atoms with Gasteiger partial charge in [0, 0.05) is 45.0 Å². The van der Waals surface area contributed by atoms with Crippen LogP contribution >= 0.6 is 0 Å². The quantitative estimate of drug-likeness (QED) is 0.189. The molecule has 0 fully saturated rings. The van der Waals surface area contributed by atoms with E-state index in [1.165, 1.54) is 44.8 Å². The highest BCUT2D eigenvalue weighted by atomic mass is 15.1. The molecule has 2 aliphatic rings. The van der Waals surface area contributed by atoms with Gasteiger partial charge in [-0.15, -0.1) is 0 Å². The first-order chi connectivity index (χ1) is 21.3. The van der Waals surface area contributed by atoms with Crippen molar-refractivity contribution in [2.24, 2.45) is 0 Å². The molecule has 214 valence electrons. The molecule has 0 saturated carbocycles. The second-order valence-electron chi connectivity index (χ2n) is 13.1. The van der Waals surface area contributed by atoms with Gasteiger partial charge in [-0.2, -0.15) is 0 Å². The molecule has 0 bridgehead atoms. The second kappa shape index (κ2) is 9.72. The molecule has 0 heterocycles. The van der Waals surface area contributed by atoms with Crippen LogP contribution in [0, 0.1) is 0 Å². The van der Waals surface area contributed by atoms with E-state index in [1.807, 2.05) is 0 Å². The molecule has 0 spiro atoms. The molecule has 2 nitrogen and oxygen atoms in total. The Bertz CT molecular complexity index is 1840. The third kappa shape index (κ3) is 4.33. The lowest BCUT2D eigenvalue weighted by Crippen LogP contribution is -2.09. The van der Waals surface area contributed by atoms with Crippen molar-refractivity contribution in [1.29, 1.82) is 0 Å². The number of benzene rings is 6. The van der Waals surface area contributed by atoms with Gasteiger partial charge in [-0.05, 0) is 106 Å². The molecule has 44 heavy (non-hydrogen) atoms. The fraction of sp³-hybridized carbons (Fsp3) is 0.143. The Morgan fingerprint density at radius 3 is 0.977 bits per heavy atom. The number of rotatable bonds is 7. The first-order valence-electron chi connectivity index (χ1n) is 15.5. The van der Waals surface area contributed by atoms with Gasteiger partial charge in [0.25, 0.3) is 0 Å². The zero-order valence-corrected chi connectivity index (χ0v) is 25.8. The molecule has 6 aromatic carbocycles. The van der Waals surface area contributed by atoms with Crippen molar-refractivity contribution in [3.63, 3.8) is 0 Å². The van der Waals surface area contributed by atoms with E-state index < -0.39 is 0 Å². The summed E-state index contributed by atoms with van der Waals surface area (Å²) in [6.07, 6.45) is 0. The summed E-state index contributed by atoms with van der Waals surface area (Å²) in [5, 5.41) is 0. The highest BCUT2D eigenvalue weighted by molar-refractivity contribution is 5.82.